The number of hydrogen-bond donors (Lipinski definition) is 0. The molecule has 0 radical (unpaired) electrons. The molecule has 0 saturated carbocycles. The average Bonchev–Trinajstić information content (AvgIpc) is 3.34. The minimum absolute atomic E-state index is 0. The second-order valence-electron chi connectivity index (χ2n) is 4.77. The van der Waals surface area contributed by atoms with Crippen LogP contribution < -0.4 is 5.46 Å². The molecule has 0 aliphatic carbocycles. The summed E-state index contributed by atoms with van der Waals surface area (Å²) in [7, 11) is 3.20. The quantitative estimate of drug-likeness (QED) is 0.369. The van der Waals surface area contributed by atoms with Gasteiger partial charge in [0.05, 0.1) is 17.8 Å². The molecule has 6 nitrogen and oxygen atoms in total. The first-order valence-corrected chi connectivity index (χ1v) is 9.77. The van der Waals surface area contributed by atoms with E-state index in [1.54, 1.807) is 0 Å². The van der Waals surface area contributed by atoms with Crippen molar-refractivity contribution in [2.24, 2.45) is 0 Å². The zero-order valence-corrected chi connectivity index (χ0v) is 19.2. The number of aromatic nitrogens is 6. The molecule has 23 heavy (non-hydrogen) atoms. The first-order chi connectivity index (χ1) is 10.9. The smallest absolute Gasteiger partial charge is 0.392 e. The predicted octanol–water partition coefficient (Wildman–Crippen LogP) is 2.43. The minimum atomic E-state index is -1.61. The van der Waals surface area contributed by atoms with Gasteiger partial charge in [-0.15, -0.1) is 5.46 Å². The Kier molecular flexibility index (Phi) is 5.42. The molecular formula is C12H11BN6P3Tl. The molecule has 0 aliphatic rings. The molecule has 0 spiro atoms. The van der Waals surface area contributed by atoms with Gasteiger partial charge in [-0.1, -0.05) is 30.3 Å². The van der Waals surface area contributed by atoms with E-state index >= 15 is 0 Å². The van der Waals surface area contributed by atoms with Crippen molar-refractivity contribution in [1.82, 2.24) is 29.1 Å². The van der Waals surface area contributed by atoms with Gasteiger partial charge in [-0.05, 0) is 24.6 Å². The summed E-state index contributed by atoms with van der Waals surface area (Å²) < 4.78 is 5.96. The summed E-state index contributed by atoms with van der Waals surface area (Å²) in [5.41, 5.74) is 1.11. The standard InChI is InChI=1S/C12H11BN6P3.Tl/c1-2-4-12(5-3-1)13(17-9-20-6-14-17,18-10-21-7-15-18)19-11-22-8-16-19;/h1-11H;/q-1;+1. The van der Waals surface area contributed by atoms with E-state index in [2.05, 4.69) is 45.2 Å². The molecule has 0 amide bonds. The molecule has 0 atom stereocenters. The van der Waals surface area contributed by atoms with Gasteiger partial charge in [-0.25, -0.2) is 15.3 Å². The summed E-state index contributed by atoms with van der Waals surface area (Å²) in [4.78, 5) is 0. The molecule has 4 rings (SSSR count). The summed E-state index contributed by atoms with van der Waals surface area (Å²) in [6.07, 6.45) is 0. The number of nitrogens with zero attached hydrogens (tertiary/aromatic N) is 6. The molecule has 0 bridgehead atoms. The fourth-order valence-corrected chi connectivity index (χ4v) is 4.60. The Morgan fingerprint density at radius 3 is 1.48 bits per heavy atom. The maximum absolute atomic E-state index is 4.56. The van der Waals surface area contributed by atoms with E-state index in [-0.39, 0.29) is 27.3 Å². The van der Waals surface area contributed by atoms with Crippen molar-refractivity contribution < 1.29 is 0 Å². The van der Waals surface area contributed by atoms with E-state index in [1.165, 1.54) is 0 Å². The van der Waals surface area contributed by atoms with Crippen molar-refractivity contribution in [3.8, 4) is 0 Å². The Balaban J connectivity index is 0.00000156. The predicted molar refractivity (Wildman–Crippen MR) is 98.0 cm³/mol. The summed E-state index contributed by atoms with van der Waals surface area (Å²) in [6.45, 7) is -1.61. The maximum Gasteiger partial charge on any atom is 1.00 e. The Morgan fingerprint density at radius 2 is 1.13 bits per heavy atom. The monoisotopic (exact) mass is 548 g/mol. The third kappa shape index (κ3) is 2.84. The Labute approximate surface area is 158 Å². The number of hydrogen-bond acceptors (Lipinski definition) is 3. The van der Waals surface area contributed by atoms with E-state index in [9.17, 15) is 0 Å². The normalized spacial score (nSPS) is 14.3. The summed E-state index contributed by atoms with van der Waals surface area (Å²) >= 11 is 0. The Hall–Kier alpha value is -0.873. The van der Waals surface area contributed by atoms with Gasteiger partial charge in [0.1, 0.15) is 0 Å². The number of rotatable bonds is 4. The molecule has 1 aromatic carbocycles. The first kappa shape index (κ1) is 17.0. The summed E-state index contributed by atoms with van der Waals surface area (Å²) in [5, 5.41) is 13.7. The fourth-order valence-electron chi connectivity index (χ4n) is 2.74. The molecular weight excluding hydrogens is 536 g/mol. The van der Waals surface area contributed by atoms with E-state index in [4.69, 9.17) is 0 Å². The van der Waals surface area contributed by atoms with Crippen LogP contribution >= 0.6 is 24.6 Å². The van der Waals surface area contributed by atoms with Gasteiger partial charge >= 0.3 is 33.8 Å². The van der Waals surface area contributed by atoms with E-state index in [1.807, 2.05) is 49.8 Å². The third-order valence-electron chi connectivity index (χ3n) is 3.66. The molecule has 11 heteroatoms. The van der Waals surface area contributed by atoms with Gasteiger partial charge in [-0.2, -0.15) is 0 Å². The van der Waals surface area contributed by atoms with Crippen LogP contribution in [0.15, 0.2) is 65.9 Å². The van der Waals surface area contributed by atoms with Crippen molar-refractivity contribution in [2.45, 2.75) is 0 Å². The average molecular weight is 547 g/mol. The minimum Gasteiger partial charge on any atom is -0.392 e. The van der Waals surface area contributed by atoms with Crippen molar-refractivity contribution >= 4 is 63.9 Å². The van der Waals surface area contributed by atoms with Crippen LogP contribution in [0.25, 0.3) is 0 Å². The van der Waals surface area contributed by atoms with Crippen LogP contribution in [0.3, 0.4) is 0 Å². The number of benzene rings is 1. The van der Waals surface area contributed by atoms with Gasteiger partial charge < -0.3 is 13.8 Å². The summed E-state index contributed by atoms with van der Waals surface area (Å²) in [5.74, 6) is 11.8. The zero-order chi connectivity index (χ0) is 14.8. The molecule has 110 valence electrons. The largest absolute Gasteiger partial charge is 1.00 e. The molecule has 3 aromatic heterocycles. The Morgan fingerprint density at radius 1 is 0.696 bits per heavy atom. The van der Waals surface area contributed by atoms with Gasteiger partial charge in [0.15, 0.2) is 0 Å². The molecule has 0 aliphatic heterocycles. The molecule has 0 fully saturated rings. The van der Waals surface area contributed by atoms with Crippen LogP contribution in [0.5, 0.6) is 0 Å². The molecule has 0 N–H and O–H groups in total. The van der Waals surface area contributed by atoms with Gasteiger partial charge in [0.25, 0.3) is 0 Å². The molecule has 4 aromatic rings. The molecule has 0 saturated heterocycles. The first-order valence-electron chi connectivity index (χ1n) is 6.67. The second-order valence-corrected chi connectivity index (χ2v) is 7.05. The topological polar surface area (TPSA) is 53.5 Å². The van der Waals surface area contributed by atoms with E-state index < -0.39 is 6.55 Å². The molecule has 0 unspecified atom stereocenters. The molecule has 3 heterocycles. The Bertz CT molecular complexity index is 754. The van der Waals surface area contributed by atoms with Crippen LogP contribution in [0.1, 0.15) is 0 Å². The van der Waals surface area contributed by atoms with Crippen LogP contribution in [-0.4, -0.2) is 62.9 Å². The van der Waals surface area contributed by atoms with Crippen molar-refractivity contribution in [1.29, 1.82) is 0 Å². The van der Waals surface area contributed by atoms with Gasteiger partial charge in [0, 0.05) is 17.8 Å². The van der Waals surface area contributed by atoms with E-state index in [0.29, 0.717) is 0 Å². The van der Waals surface area contributed by atoms with E-state index in [0.717, 1.165) is 30.0 Å². The second kappa shape index (κ2) is 7.35. The zero-order valence-electron chi connectivity index (χ0n) is 12.0. The third-order valence-corrected chi connectivity index (χ3v) is 5.48. The summed E-state index contributed by atoms with van der Waals surface area (Å²) in [6, 6.07) is 10.3. The van der Waals surface area contributed by atoms with Gasteiger partial charge in [-0.3, -0.25) is 0 Å². The van der Waals surface area contributed by atoms with Crippen LogP contribution in [0.4, 0.5) is 0 Å². The maximum atomic E-state index is 4.56. The van der Waals surface area contributed by atoms with Crippen LogP contribution in [-0.2, 0) is 0 Å². The van der Waals surface area contributed by atoms with Crippen molar-refractivity contribution in [2.75, 3.05) is 0 Å². The fraction of sp³-hybridized carbons (Fsp3) is 0. The van der Waals surface area contributed by atoms with Crippen molar-refractivity contribution in [3.05, 3.63) is 65.9 Å². The van der Waals surface area contributed by atoms with Crippen LogP contribution in [0.2, 0.25) is 0 Å². The van der Waals surface area contributed by atoms with Crippen molar-refractivity contribution in [3.63, 3.8) is 0 Å². The van der Waals surface area contributed by atoms with Crippen LogP contribution in [0, 0.1) is 0 Å². The van der Waals surface area contributed by atoms with Gasteiger partial charge in [0.2, 0.25) is 0 Å². The SMILES string of the molecule is [Tl+].c1ccc([B-](n2cpcn2)(n2cpcn2)n2cpcn2)cc1.